The molecule has 188 valence electrons. The molecule has 5 heteroatoms. The van der Waals surface area contributed by atoms with Gasteiger partial charge >= 0.3 is 6.09 Å². The molecule has 2 bridgehead atoms. The van der Waals surface area contributed by atoms with Gasteiger partial charge < -0.3 is 9.47 Å². The van der Waals surface area contributed by atoms with E-state index in [2.05, 4.69) is 30.8 Å². The van der Waals surface area contributed by atoms with Crippen molar-refractivity contribution in [2.45, 2.75) is 37.8 Å². The number of benzene rings is 3. The van der Waals surface area contributed by atoms with E-state index in [0.29, 0.717) is 38.2 Å². The largest absolute Gasteiger partial charge is 0.448 e. The van der Waals surface area contributed by atoms with E-state index < -0.39 is 0 Å². The summed E-state index contributed by atoms with van der Waals surface area (Å²) in [4.78, 5) is 28.6. The van der Waals surface area contributed by atoms with Crippen LogP contribution in [0.3, 0.4) is 0 Å². The molecule has 1 amide bonds. The molecule has 2 heterocycles. The Kier molecular flexibility index (Phi) is 6.17. The first kappa shape index (κ1) is 23.7. The van der Waals surface area contributed by atoms with Gasteiger partial charge in [0, 0.05) is 17.4 Å². The average molecular weight is 494 g/mol. The lowest BCUT2D eigenvalue weighted by molar-refractivity contribution is -0.0747. The number of Topliss-reactive ketones (excluding diaryl/α,β-unsaturated/α-hetero) is 1. The van der Waals surface area contributed by atoms with E-state index in [4.69, 9.17) is 9.47 Å². The van der Waals surface area contributed by atoms with Gasteiger partial charge in [0.15, 0.2) is 5.78 Å². The molecule has 6 rings (SSSR count). The monoisotopic (exact) mass is 493 g/mol. The number of hydrogen-bond acceptors (Lipinski definition) is 4. The van der Waals surface area contributed by atoms with Gasteiger partial charge in [0.2, 0.25) is 0 Å². The van der Waals surface area contributed by atoms with E-state index in [-0.39, 0.29) is 35.8 Å². The van der Waals surface area contributed by atoms with Crippen LogP contribution < -0.4 is 0 Å². The highest BCUT2D eigenvalue weighted by molar-refractivity contribution is 5.98. The molecule has 0 radical (unpaired) electrons. The van der Waals surface area contributed by atoms with Gasteiger partial charge in [-0.3, -0.25) is 9.69 Å². The van der Waals surface area contributed by atoms with Crippen LogP contribution in [0.5, 0.6) is 0 Å². The molecule has 3 aromatic carbocycles. The standard InChI is InChI=1S/C32H31NO4/c1-20(2)21-11-13-22(14-12-21)31(34)23-15-24-17-36-18-25(16-23)33(24)32(35)37-19-30-28-9-5-3-7-26(28)27-8-4-6-10-29(27)30/h3-14,23-25,30H,1,15-19H2,2H3. The minimum absolute atomic E-state index is 0.0220. The summed E-state index contributed by atoms with van der Waals surface area (Å²) in [5.74, 6) is 0.0262. The van der Waals surface area contributed by atoms with Crippen LogP contribution in [0.25, 0.3) is 16.7 Å². The SMILES string of the molecule is C=C(C)c1ccc(C(=O)C2CC3COCC(C2)N3C(=O)OCC2c3ccccc3-c3ccccc32)cc1. The second kappa shape index (κ2) is 9.64. The summed E-state index contributed by atoms with van der Waals surface area (Å²) in [6.45, 7) is 7.07. The molecule has 5 nitrogen and oxygen atoms in total. The number of fused-ring (bicyclic) bond motifs is 5. The van der Waals surface area contributed by atoms with Crippen LogP contribution in [0.4, 0.5) is 4.79 Å². The van der Waals surface area contributed by atoms with E-state index in [9.17, 15) is 9.59 Å². The predicted octanol–water partition coefficient (Wildman–Crippen LogP) is 6.33. The molecule has 0 saturated carbocycles. The fourth-order valence-electron chi connectivity index (χ4n) is 6.25. The van der Waals surface area contributed by atoms with E-state index >= 15 is 0 Å². The lowest BCUT2D eigenvalue weighted by Gasteiger charge is -2.47. The van der Waals surface area contributed by atoms with Gasteiger partial charge in [-0.25, -0.2) is 4.79 Å². The molecule has 37 heavy (non-hydrogen) atoms. The summed E-state index contributed by atoms with van der Waals surface area (Å²) in [5.41, 5.74) is 7.53. The molecule has 0 spiro atoms. The smallest absolute Gasteiger partial charge is 0.410 e. The lowest BCUT2D eigenvalue weighted by Crippen LogP contribution is -2.60. The maximum absolute atomic E-state index is 13.4. The molecule has 2 unspecified atom stereocenters. The van der Waals surface area contributed by atoms with E-state index in [1.54, 1.807) is 0 Å². The number of hydrogen-bond donors (Lipinski definition) is 0. The number of carbonyl (C=O) groups is 2. The van der Waals surface area contributed by atoms with Crippen LogP contribution in [-0.4, -0.2) is 48.7 Å². The number of rotatable bonds is 5. The lowest BCUT2D eigenvalue weighted by atomic mass is 9.80. The van der Waals surface area contributed by atoms with Crippen LogP contribution >= 0.6 is 0 Å². The van der Waals surface area contributed by atoms with E-state index in [1.165, 1.54) is 22.3 Å². The Bertz CT molecular complexity index is 1300. The maximum atomic E-state index is 13.4. The van der Waals surface area contributed by atoms with Crippen LogP contribution in [0.1, 0.15) is 52.7 Å². The van der Waals surface area contributed by atoms with Gasteiger partial charge in [-0.1, -0.05) is 84.9 Å². The molecule has 0 aromatic heterocycles. The number of piperidine rings is 1. The highest BCUT2D eigenvalue weighted by Gasteiger charge is 2.45. The van der Waals surface area contributed by atoms with Crippen molar-refractivity contribution < 1.29 is 19.1 Å². The summed E-state index contributed by atoms with van der Waals surface area (Å²) in [7, 11) is 0. The Morgan fingerprint density at radius 3 is 1.97 bits per heavy atom. The first-order valence-corrected chi connectivity index (χ1v) is 13.0. The number of amides is 1. The van der Waals surface area contributed by atoms with Crippen molar-refractivity contribution in [2.24, 2.45) is 5.92 Å². The van der Waals surface area contributed by atoms with Crippen molar-refractivity contribution in [2.75, 3.05) is 19.8 Å². The predicted molar refractivity (Wildman–Crippen MR) is 144 cm³/mol. The van der Waals surface area contributed by atoms with Crippen molar-refractivity contribution in [1.29, 1.82) is 0 Å². The van der Waals surface area contributed by atoms with Crippen molar-refractivity contribution in [1.82, 2.24) is 4.90 Å². The first-order chi connectivity index (χ1) is 18.0. The van der Waals surface area contributed by atoms with E-state index in [0.717, 1.165) is 11.1 Å². The third-order valence-electron chi connectivity index (χ3n) is 8.10. The molecule has 3 aromatic rings. The second-order valence-corrected chi connectivity index (χ2v) is 10.4. The summed E-state index contributed by atoms with van der Waals surface area (Å²) in [6, 6.07) is 24.0. The zero-order chi connectivity index (χ0) is 25.5. The highest BCUT2D eigenvalue weighted by atomic mass is 16.6. The number of allylic oxidation sites excluding steroid dienone is 1. The van der Waals surface area contributed by atoms with Crippen molar-refractivity contribution in [3.63, 3.8) is 0 Å². The topological polar surface area (TPSA) is 55.8 Å². The molecule has 2 aliphatic heterocycles. The van der Waals surface area contributed by atoms with E-state index in [1.807, 2.05) is 60.4 Å². The Balaban J connectivity index is 1.15. The summed E-state index contributed by atoms with van der Waals surface area (Å²) >= 11 is 0. The van der Waals surface area contributed by atoms with Gasteiger partial charge in [0.05, 0.1) is 25.3 Å². The summed E-state index contributed by atoms with van der Waals surface area (Å²) < 4.78 is 11.8. The van der Waals surface area contributed by atoms with Gasteiger partial charge in [-0.05, 0) is 47.6 Å². The number of nitrogens with zero attached hydrogens (tertiary/aromatic N) is 1. The van der Waals surface area contributed by atoms with Gasteiger partial charge in [-0.2, -0.15) is 0 Å². The first-order valence-electron chi connectivity index (χ1n) is 13.0. The third-order valence-corrected chi connectivity index (χ3v) is 8.10. The van der Waals surface area contributed by atoms with Gasteiger partial charge in [-0.15, -0.1) is 0 Å². The second-order valence-electron chi connectivity index (χ2n) is 10.4. The van der Waals surface area contributed by atoms with Crippen LogP contribution in [0.15, 0.2) is 79.4 Å². The summed E-state index contributed by atoms with van der Waals surface area (Å²) in [6.07, 6.45) is 0.862. The fourth-order valence-corrected chi connectivity index (χ4v) is 6.25. The minimum Gasteiger partial charge on any atom is -0.448 e. The highest BCUT2D eigenvalue weighted by Crippen LogP contribution is 2.44. The molecular weight excluding hydrogens is 462 g/mol. The third kappa shape index (κ3) is 4.27. The van der Waals surface area contributed by atoms with Gasteiger partial charge in [0.25, 0.3) is 0 Å². The van der Waals surface area contributed by atoms with Crippen LogP contribution in [-0.2, 0) is 9.47 Å². The molecule has 2 fully saturated rings. The van der Waals surface area contributed by atoms with Gasteiger partial charge in [0.1, 0.15) is 6.61 Å². The summed E-state index contributed by atoms with van der Waals surface area (Å²) in [5, 5.41) is 0. The fraction of sp³-hybridized carbons (Fsp3) is 0.312. The molecule has 3 aliphatic rings. The Morgan fingerprint density at radius 1 is 0.865 bits per heavy atom. The molecule has 1 aliphatic carbocycles. The number of carbonyl (C=O) groups excluding carboxylic acids is 2. The number of ketones is 1. The molecular formula is C32H31NO4. The zero-order valence-corrected chi connectivity index (χ0v) is 21.1. The Labute approximate surface area is 217 Å². The zero-order valence-electron chi connectivity index (χ0n) is 21.1. The molecule has 2 saturated heterocycles. The minimum atomic E-state index is -0.308. The maximum Gasteiger partial charge on any atom is 0.410 e. The van der Waals surface area contributed by atoms with Crippen molar-refractivity contribution in [3.05, 3.63) is 102 Å². The number of morpholine rings is 1. The normalized spacial score (nSPS) is 22.2. The number of ether oxygens (including phenoxy) is 2. The Hall–Kier alpha value is -3.70. The quantitative estimate of drug-likeness (QED) is 0.390. The van der Waals surface area contributed by atoms with Crippen molar-refractivity contribution in [3.8, 4) is 11.1 Å². The molecule has 2 atom stereocenters. The van der Waals surface area contributed by atoms with Crippen molar-refractivity contribution >= 4 is 17.4 Å². The Morgan fingerprint density at radius 2 is 1.41 bits per heavy atom. The molecule has 0 N–H and O–H groups in total. The van der Waals surface area contributed by atoms with Crippen LogP contribution in [0, 0.1) is 5.92 Å². The van der Waals surface area contributed by atoms with Crippen LogP contribution in [0.2, 0.25) is 0 Å². The average Bonchev–Trinajstić information content (AvgIpc) is 3.24.